The zero-order valence-electron chi connectivity index (χ0n) is 15.3. The average Bonchev–Trinajstić information content (AvgIpc) is 2.55. The smallest absolute Gasteiger partial charge is 0.161 e. The van der Waals surface area contributed by atoms with Gasteiger partial charge in [-0.05, 0) is 42.5 Å². The van der Waals surface area contributed by atoms with E-state index in [2.05, 4.69) is 56.4 Å². The summed E-state index contributed by atoms with van der Waals surface area (Å²) >= 11 is 0. The van der Waals surface area contributed by atoms with E-state index < -0.39 is 0 Å². The van der Waals surface area contributed by atoms with Crippen molar-refractivity contribution < 1.29 is 9.47 Å². The lowest BCUT2D eigenvalue weighted by Crippen LogP contribution is -2.13. The number of hydrogen-bond acceptors (Lipinski definition) is 3. The molecule has 0 bridgehead atoms. The van der Waals surface area contributed by atoms with E-state index in [-0.39, 0.29) is 0 Å². The minimum atomic E-state index is 0.640. The van der Waals surface area contributed by atoms with Gasteiger partial charge in [0.2, 0.25) is 0 Å². The summed E-state index contributed by atoms with van der Waals surface area (Å²) in [5.74, 6) is 2.26. The van der Waals surface area contributed by atoms with Crippen LogP contribution in [0, 0.1) is 12.8 Å². The third kappa shape index (κ3) is 5.89. The lowest BCUT2D eigenvalue weighted by atomic mass is 10.1. The van der Waals surface area contributed by atoms with Crippen molar-refractivity contribution in [1.82, 2.24) is 5.32 Å². The van der Waals surface area contributed by atoms with Crippen LogP contribution in [0.5, 0.6) is 11.5 Å². The third-order valence-electron chi connectivity index (χ3n) is 3.92. The summed E-state index contributed by atoms with van der Waals surface area (Å²) < 4.78 is 11.3. The van der Waals surface area contributed by atoms with Crippen molar-refractivity contribution >= 4 is 0 Å². The van der Waals surface area contributed by atoms with Gasteiger partial charge in [0.1, 0.15) is 0 Å². The third-order valence-corrected chi connectivity index (χ3v) is 3.92. The van der Waals surface area contributed by atoms with E-state index in [4.69, 9.17) is 9.47 Å². The van der Waals surface area contributed by atoms with Crippen molar-refractivity contribution in [3.63, 3.8) is 0 Å². The predicted molar refractivity (Wildman–Crippen MR) is 99.7 cm³/mol. The van der Waals surface area contributed by atoms with Gasteiger partial charge in [-0.15, -0.1) is 0 Å². The van der Waals surface area contributed by atoms with Crippen molar-refractivity contribution in [2.45, 2.75) is 40.3 Å². The standard InChI is InChI=1S/C21H29NO2/c1-16(2)10-11-24-20-9-8-19(13-21(20)23-4)15-22-14-18-7-5-6-17(3)12-18/h5-9,12-13,16,22H,10-11,14-15H2,1-4H3. The molecule has 0 spiro atoms. The Bertz CT molecular complexity index is 637. The number of aryl methyl sites for hydroxylation is 1. The van der Waals surface area contributed by atoms with Crippen LogP contribution < -0.4 is 14.8 Å². The van der Waals surface area contributed by atoms with Crippen molar-refractivity contribution in [2.24, 2.45) is 5.92 Å². The zero-order valence-corrected chi connectivity index (χ0v) is 15.3. The van der Waals surface area contributed by atoms with E-state index in [0.717, 1.165) is 37.6 Å². The van der Waals surface area contributed by atoms with Gasteiger partial charge in [-0.3, -0.25) is 0 Å². The minimum Gasteiger partial charge on any atom is -0.493 e. The first-order chi connectivity index (χ1) is 11.6. The molecule has 0 aliphatic heterocycles. The molecule has 3 nitrogen and oxygen atoms in total. The van der Waals surface area contributed by atoms with Gasteiger partial charge in [0, 0.05) is 13.1 Å². The minimum absolute atomic E-state index is 0.640. The molecule has 0 heterocycles. The Kier molecular flexibility index (Phi) is 7.13. The number of methoxy groups -OCH3 is 1. The molecular weight excluding hydrogens is 298 g/mol. The molecule has 0 fully saturated rings. The summed E-state index contributed by atoms with van der Waals surface area (Å²) in [6, 6.07) is 14.7. The predicted octanol–water partition coefficient (Wildman–Crippen LogP) is 4.72. The van der Waals surface area contributed by atoms with E-state index in [1.807, 2.05) is 12.1 Å². The number of nitrogens with one attached hydrogen (secondary N) is 1. The van der Waals surface area contributed by atoms with Gasteiger partial charge < -0.3 is 14.8 Å². The molecule has 24 heavy (non-hydrogen) atoms. The van der Waals surface area contributed by atoms with Crippen LogP contribution in [0.1, 0.15) is 37.0 Å². The molecule has 0 amide bonds. The molecule has 0 atom stereocenters. The fourth-order valence-electron chi connectivity index (χ4n) is 2.52. The second-order valence-corrected chi connectivity index (χ2v) is 6.61. The second-order valence-electron chi connectivity index (χ2n) is 6.61. The van der Waals surface area contributed by atoms with Crippen LogP contribution in [0.3, 0.4) is 0 Å². The van der Waals surface area contributed by atoms with E-state index in [1.165, 1.54) is 16.7 Å². The summed E-state index contributed by atoms with van der Waals surface area (Å²) in [5, 5.41) is 3.48. The maximum Gasteiger partial charge on any atom is 0.161 e. The van der Waals surface area contributed by atoms with E-state index in [0.29, 0.717) is 5.92 Å². The highest BCUT2D eigenvalue weighted by molar-refractivity contribution is 5.43. The van der Waals surface area contributed by atoms with Gasteiger partial charge in [-0.1, -0.05) is 49.7 Å². The highest BCUT2D eigenvalue weighted by atomic mass is 16.5. The molecule has 0 radical (unpaired) electrons. The van der Waals surface area contributed by atoms with Gasteiger partial charge in [0.05, 0.1) is 13.7 Å². The molecule has 0 unspecified atom stereocenters. The highest BCUT2D eigenvalue weighted by Crippen LogP contribution is 2.28. The fraction of sp³-hybridized carbons (Fsp3) is 0.429. The van der Waals surface area contributed by atoms with Crippen molar-refractivity contribution in [1.29, 1.82) is 0 Å². The Morgan fingerprint density at radius 1 is 0.958 bits per heavy atom. The molecule has 2 aromatic rings. The highest BCUT2D eigenvalue weighted by Gasteiger charge is 2.06. The maximum atomic E-state index is 5.84. The lowest BCUT2D eigenvalue weighted by molar-refractivity contribution is 0.273. The van der Waals surface area contributed by atoms with E-state index in [1.54, 1.807) is 7.11 Å². The number of rotatable bonds is 9. The Balaban J connectivity index is 1.89. The second kappa shape index (κ2) is 9.33. The molecule has 130 valence electrons. The van der Waals surface area contributed by atoms with Crippen LogP contribution in [-0.4, -0.2) is 13.7 Å². The summed E-state index contributed by atoms with van der Waals surface area (Å²) in [6.45, 7) is 8.89. The van der Waals surface area contributed by atoms with E-state index in [9.17, 15) is 0 Å². The van der Waals surface area contributed by atoms with Gasteiger partial charge in [0.15, 0.2) is 11.5 Å². The van der Waals surface area contributed by atoms with Gasteiger partial charge in [-0.25, -0.2) is 0 Å². The first-order valence-electron chi connectivity index (χ1n) is 8.64. The lowest BCUT2D eigenvalue weighted by Gasteiger charge is -2.13. The van der Waals surface area contributed by atoms with Crippen LogP contribution >= 0.6 is 0 Å². The molecule has 2 rings (SSSR count). The monoisotopic (exact) mass is 327 g/mol. The Hall–Kier alpha value is -2.00. The molecule has 0 aliphatic rings. The number of ether oxygens (including phenoxy) is 2. The Labute approximate surface area is 146 Å². The quantitative estimate of drug-likeness (QED) is 0.723. The average molecular weight is 327 g/mol. The summed E-state index contributed by atoms with van der Waals surface area (Å²) in [7, 11) is 1.69. The molecular formula is C21H29NO2. The van der Waals surface area contributed by atoms with E-state index >= 15 is 0 Å². The van der Waals surface area contributed by atoms with Crippen LogP contribution in [-0.2, 0) is 13.1 Å². The Morgan fingerprint density at radius 3 is 2.38 bits per heavy atom. The SMILES string of the molecule is COc1cc(CNCc2cccc(C)c2)ccc1OCCC(C)C. The molecule has 0 saturated carbocycles. The van der Waals surface area contributed by atoms with Crippen LogP contribution in [0.15, 0.2) is 42.5 Å². The van der Waals surface area contributed by atoms with Gasteiger partial charge in [0.25, 0.3) is 0 Å². The molecule has 0 aliphatic carbocycles. The number of hydrogen-bond donors (Lipinski definition) is 1. The molecule has 1 N–H and O–H groups in total. The molecule has 0 saturated heterocycles. The first kappa shape index (κ1) is 18.3. The first-order valence-corrected chi connectivity index (χ1v) is 8.64. The summed E-state index contributed by atoms with van der Waals surface area (Å²) in [4.78, 5) is 0. The summed E-state index contributed by atoms with van der Waals surface area (Å²) in [5.41, 5.74) is 3.78. The van der Waals surface area contributed by atoms with Crippen LogP contribution in [0.2, 0.25) is 0 Å². The van der Waals surface area contributed by atoms with Gasteiger partial charge >= 0.3 is 0 Å². The largest absolute Gasteiger partial charge is 0.493 e. The maximum absolute atomic E-state index is 5.84. The number of benzene rings is 2. The van der Waals surface area contributed by atoms with Crippen molar-refractivity contribution in [3.8, 4) is 11.5 Å². The molecule has 3 heteroatoms. The molecule has 2 aromatic carbocycles. The van der Waals surface area contributed by atoms with Crippen molar-refractivity contribution in [2.75, 3.05) is 13.7 Å². The Morgan fingerprint density at radius 2 is 1.71 bits per heavy atom. The summed E-state index contributed by atoms with van der Waals surface area (Å²) in [6.07, 6.45) is 1.04. The van der Waals surface area contributed by atoms with Crippen LogP contribution in [0.4, 0.5) is 0 Å². The fourth-order valence-corrected chi connectivity index (χ4v) is 2.52. The molecule has 0 aromatic heterocycles. The zero-order chi connectivity index (χ0) is 17.4. The van der Waals surface area contributed by atoms with Gasteiger partial charge in [-0.2, -0.15) is 0 Å². The topological polar surface area (TPSA) is 30.5 Å². The van der Waals surface area contributed by atoms with Crippen molar-refractivity contribution in [3.05, 3.63) is 59.2 Å². The normalized spacial score (nSPS) is 10.9. The van der Waals surface area contributed by atoms with Crippen LogP contribution in [0.25, 0.3) is 0 Å².